The van der Waals surface area contributed by atoms with Gasteiger partial charge in [0.15, 0.2) is 5.82 Å². The normalized spacial score (nSPS) is 22.8. The quantitative estimate of drug-likeness (QED) is 0.846. The molecule has 19 heavy (non-hydrogen) atoms. The fraction of sp³-hybridized carbons (Fsp3) is 0.429. The minimum atomic E-state index is 0.428. The number of hydrogen-bond donors (Lipinski definition) is 1. The van der Waals surface area contributed by atoms with E-state index in [9.17, 15) is 0 Å². The third kappa shape index (κ3) is 2.45. The van der Waals surface area contributed by atoms with E-state index < -0.39 is 0 Å². The van der Waals surface area contributed by atoms with Crippen LogP contribution in [0.3, 0.4) is 0 Å². The van der Waals surface area contributed by atoms with Crippen LogP contribution in [0.15, 0.2) is 22.7 Å². The molecule has 1 saturated carbocycles. The second kappa shape index (κ2) is 4.85. The van der Waals surface area contributed by atoms with E-state index in [2.05, 4.69) is 17.1 Å². The molecule has 2 N–H and O–H groups in total. The Kier molecular flexibility index (Phi) is 3.19. The highest BCUT2D eigenvalue weighted by Gasteiger charge is 2.27. The minimum absolute atomic E-state index is 0.428. The lowest BCUT2D eigenvalue weighted by atomic mass is 10.1. The number of hydrogen-bond acceptors (Lipinski definition) is 4. The van der Waals surface area contributed by atoms with Crippen LogP contribution in [0, 0.1) is 5.92 Å². The Morgan fingerprint density at radius 1 is 1.37 bits per heavy atom. The Bertz CT molecular complexity index is 596. The molecule has 2 unspecified atom stereocenters. The molecule has 1 fully saturated rings. The first-order valence-electron chi connectivity index (χ1n) is 6.52. The molecule has 0 aliphatic heterocycles. The Hall–Kier alpha value is -1.55. The van der Waals surface area contributed by atoms with Gasteiger partial charge in [-0.05, 0) is 43.4 Å². The molecule has 3 rings (SSSR count). The number of nitrogens with two attached hydrogens (primary N) is 1. The average Bonchev–Trinajstić information content (AvgIpc) is 3.01. The highest BCUT2D eigenvalue weighted by atomic mass is 35.5. The second-order valence-corrected chi connectivity index (χ2v) is 5.72. The molecule has 1 aromatic heterocycles. The molecule has 0 bridgehead atoms. The summed E-state index contributed by atoms with van der Waals surface area (Å²) in [5.74, 6) is 2.50. The molecule has 1 aromatic carbocycles. The van der Waals surface area contributed by atoms with Crippen LogP contribution in [-0.4, -0.2) is 10.1 Å². The van der Waals surface area contributed by atoms with Crippen molar-refractivity contribution >= 4 is 17.3 Å². The Balaban J connectivity index is 1.86. The molecular weight excluding hydrogens is 262 g/mol. The summed E-state index contributed by atoms with van der Waals surface area (Å²) in [5, 5.41) is 4.64. The van der Waals surface area contributed by atoms with Gasteiger partial charge in [-0.1, -0.05) is 23.7 Å². The zero-order chi connectivity index (χ0) is 13.4. The highest BCUT2D eigenvalue weighted by Crippen LogP contribution is 2.37. The van der Waals surface area contributed by atoms with Gasteiger partial charge in [-0.3, -0.25) is 0 Å². The maximum absolute atomic E-state index is 5.90. The van der Waals surface area contributed by atoms with Crippen LogP contribution < -0.4 is 5.73 Å². The fourth-order valence-electron chi connectivity index (χ4n) is 2.64. The van der Waals surface area contributed by atoms with Crippen molar-refractivity contribution in [2.75, 3.05) is 5.73 Å². The summed E-state index contributed by atoms with van der Waals surface area (Å²) < 4.78 is 5.33. The van der Waals surface area contributed by atoms with Gasteiger partial charge in [0.2, 0.25) is 0 Å². The summed E-state index contributed by atoms with van der Waals surface area (Å²) in [7, 11) is 0. The Morgan fingerprint density at radius 2 is 2.21 bits per heavy atom. The SMILES string of the molecule is CC1CCC(c2noc(-c3ccc(Cl)c(N)c3)n2)C1. The number of halogens is 1. The Labute approximate surface area is 117 Å². The Morgan fingerprint density at radius 3 is 2.89 bits per heavy atom. The summed E-state index contributed by atoms with van der Waals surface area (Å²) in [6, 6.07) is 5.35. The first-order chi connectivity index (χ1) is 9.13. The van der Waals surface area contributed by atoms with Crippen molar-refractivity contribution in [2.24, 2.45) is 5.92 Å². The molecule has 0 amide bonds. The molecule has 2 atom stereocenters. The van der Waals surface area contributed by atoms with E-state index in [0.29, 0.717) is 22.5 Å². The molecule has 1 aliphatic carbocycles. The van der Waals surface area contributed by atoms with Crippen molar-refractivity contribution < 1.29 is 4.52 Å². The number of aromatic nitrogens is 2. The average molecular weight is 278 g/mol. The topological polar surface area (TPSA) is 64.9 Å². The van der Waals surface area contributed by atoms with Gasteiger partial charge < -0.3 is 10.3 Å². The molecule has 100 valence electrons. The van der Waals surface area contributed by atoms with Gasteiger partial charge in [0.05, 0.1) is 10.7 Å². The lowest BCUT2D eigenvalue weighted by molar-refractivity contribution is 0.414. The monoisotopic (exact) mass is 277 g/mol. The lowest BCUT2D eigenvalue weighted by Crippen LogP contribution is -1.96. The summed E-state index contributed by atoms with van der Waals surface area (Å²) in [6.45, 7) is 2.26. The van der Waals surface area contributed by atoms with Crippen LogP contribution in [0.4, 0.5) is 5.69 Å². The number of nitrogen functional groups attached to an aromatic ring is 1. The molecule has 5 heteroatoms. The second-order valence-electron chi connectivity index (χ2n) is 5.31. The van der Waals surface area contributed by atoms with Crippen molar-refractivity contribution in [1.82, 2.24) is 10.1 Å². The van der Waals surface area contributed by atoms with Crippen LogP contribution in [0.25, 0.3) is 11.5 Å². The van der Waals surface area contributed by atoms with Crippen LogP contribution in [0.1, 0.15) is 37.9 Å². The van der Waals surface area contributed by atoms with Crippen molar-refractivity contribution in [3.05, 3.63) is 29.0 Å². The largest absolute Gasteiger partial charge is 0.398 e. The smallest absolute Gasteiger partial charge is 0.258 e. The molecule has 4 nitrogen and oxygen atoms in total. The van der Waals surface area contributed by atoms with Gasteiger partial charge in [-0.2, -0.15) is 4.98 Å². The summed E-state index contributed by atoms with van der Waals surface area (Å²) >= 11 is 5.90. The van der Waals surface area contributed by atoms with Crippen molar-refractivity contribution in [2.45, 2.75) is 32.1 Å². The zero-order valence-corrected chi connectivity index (χ0v) is 11.5. The molecular formula is C14H16ClN3O. The van der Waals surface area contributed by atoms with E-state index in [1.165, 1.54) is 6.42 Å². The van der Waals surface area contributed by atoms with Gasteiger partial charge >= 0.3 is 0 Å². The number of benzene rings is 1. The molecule has 0 saturated heterocycles. The molecule has 0 radical (unpaired) electrons. The van der Waals surface area contributed by atoms with Crippen molar-refractivity contribution in [1.29, 1.82) is 0 Å². The van der Waals surface area contributed by atoms with E-state index in [0.717, 1.165) is 30.1 Å². The first-order valence-corrected chi connectivity index (χ1v) is 6.90. The van der Waals surface area contributed by atoms with Gasteiger partial charge in [0.1, 0.15) is 0 Å². The zero-order valence-electron chi connectivity index (χ0n) is 10.8. The third-order valence-corrected chi connectivity index (χ3v) is 4.09. The van der Waals surface area contributed by atoms with E-state index in [-0.39, 0.29) is 0 Å². The number of anilines is 1. The summed E-state index contributed by atoms with van der Waals surface area (Å²) in [5.41, 5.74) is 7.12. The van der Waals surface area contributed by atoms with E-state index in [1.807, 2.05) is 6.07 Å². The predicted octanol–water partition coefficient (Wildman–Crippen LogP) is 3.88. The molecule has 2 aromatic rings. The first kappa shape index (κ1) is 12.5. The van der Waals surface area contributed by atoms with Gasteiger partial charge in [0, 0.05) is 11.5 Å². The molecule has 0 spiro atoms. The standard InChI is InChI=1S/C14H16ClN3O/c1-8-2-3-9(6-8)13-17-14(19-18-13)10-4-5-11(15)12(16)7-10/h4-5,7-9H,2-3,6,16H2,1H3. The van der Waals surface area contributed by atoms with Crippen LogP contribution in [0.5, 0.6) is 0 Å². The van der Waals surface area contributed by atoms with Gasteiger partial charge in [0.25, 0.3) is 5.89 Å². The van der Waals surface area contributed by atoms with Crippen molar-refractivity contribution in [3.63, 3.8) is 0 Å². The fourth-order valence-corrected chi connectivity index (χ4v) is 2.75. The predicted molar refractivity (Wildman–Crippen MR) is 74.9 cm³/mol. The van der Waals surface area contributed by atoms with E-state index >= 15 is 0 Å². The van der Waals surface area contributed by atoms with Crippen molar-refractivity contribution in [3.8, 4) is 11.5 Å². The molecule has 1 aliphatic rings. The third-order valence-electron chi connectivity index (χ3n) is 3.74. The lowest BCUT2D eigenvalue weighted by Gasteiger charge is -2.02. The summed E-state index contributed by atoms with van der Waals surface area (Å²) in [4.78, 5) is 4.49. The molecule has 1 heterocycles. The minimum Gasteiger partial charge on any atom is -0.398 e. The summed E-state index contributed by atoms with van der Waals surface area (Å²) in [6.07, 6.45) is 3.52. The number of rotatable bonds is 2. The van der Waals surface area contributed by atoms with Crippen LogP contribution in [-0.2, 0) is 0 Å². The van der Waals surface area contributed by atoms with E-state index in [1.54, 1.807) is 12.1 Å². The van der Waals surface area contributed by atoms with E-state index in [4.69, 9.17) is 21.9 Å². The van der Waals surface area contributed by atoms with Crippen LogP contribution >= 0.6 is 11.6 Å². The highest BCUT2D eigenvalue weighted by molar-refractivity contribution is 6.33. The van der Waals surface area contributed by atoms with Gasteiger partial charge in [-0.25, -0.2) is 0 Å². The maximum atomic E-state index is 5.90. The number of nitrogens with zero attached hydrogens (tertiary/aromatic N) is 2. The van der Waals surface area contributed by atoms with Crippen LogP contribution in [0.2, 0.25) is 5.02 Å². The van der Waals surface area contributed by atoms with Gasteiger partial charge in [-0.15, -0.1) is 0 Å². The maximum Gasteiger partial charge on any atom is 0.258 e.